The van der Waals surface area contributed by atoms with Crippen LogP contribution in [0.25, 0.3) is 0 Å². The van der Waals surface area contributed by atoms with Gasteiger partial charge in [-0.25, -0.2) is 9.89 Å². The predicted molar refractivity (Wildman–Crippen MR) is 174 cm³/mol. The van der Waals surface area contributed by atoms with Crippen molar-refractivity contribution in [2.75, 3.05) is 13.3 Å². The Morgan fingerprint density at radius 3 is 2.55 bits per heavy atom. The quantitative estimate of drug-likeness (QED) is 0.128. The number of carbonyl (C=O) groups is 3. The third-order valence-electron chi connectivity index (χ3n) is 9.57. The number of amidine groups is 1. The van der Waals surface area contributed by atoms with Crippen LogP contribution in [0.3, 0.4) is 0 Å². The molecule has 3 aromatic carbocycles. The summed E-state index contributed by atoms with van der Waals surface area (Å²) in [6.45, 7) is -0.625. The number of quaternary nitrogens is 1. The average Bonchev–Trinajstić information content (AvgIpc) is 3.54. The Balaban J connectivity index is 1.34. The number of hydrogen-bond donors (Lipinski definition) is 8. The molecule has 7 atom stereocenters. The molecule has 16 heteroatoms. The molecule has 51 heavy (non-hydrogen) atoms. The number of aliphatic imine (C=N–C) groups is 2. The Morgan fingerprint density at radius 2 is 1.75 bits per heavy atom. The van der Waals surface area contributed by atoms with Gasteiger partial charge in [-0.05, 0) is 35.9 Å². The molecule has 0 saturated carbocycles. The van der Waals surface area contributed by atoms with Crippen LogP contribution in [-0.4, -0.2) is 104 Å². The van der Waals surface area contributed by atoms with E-state index < -0.39 is 66.5 Å². The van der Waals surface area contributed by atoms with Crippen molar-refractivity contribution in [3.63, 3.8) is 0 Å². The molecule has 0 aromatic heterocycles. The molecule has 8 N–H and O–H groups in total. The van der Waals surface area contributed by atoms with Gasteiger partial charge in [0.25, 0.3) is 11.7 Å². The van der Waals surface area contributed by atoms with Gasteiger partial charge in [0.2, 0.25) is 18.0 Å². The van der Waals surface area contributed by atoms with Gasteiger partial charge >= 0.3 is 0 Å². The van der Waals surface area contributed by atoms with Gasteiger partial charge in [0.1, 0.15) is 36.7 Å². The van der Waals surface area contributed by atoms with E-state index >= 15 is 0 Å². The van der Waals surface area contributed by atoms with E-state index in [4.69, 9.17) is 19.6 Å². The first kappa shape index (κ1) is 32.6. The number of ketones is 2. The summed E-state index contributed by atoms with van der Waals surface area (Å²) < 4.78 is 17.7. The summed E-state index contributed by atoms with van der Waals surface area (Å²) in [5, 5.41) is 64.3. The summed E-state index contributed by atoms with van der Waals surface area (Å²) in [5.41, 5.74) is 1.14. The second kappa shape index (κ2) is 12.3. The minimum atomic E-state index is -1.82. The number of benzene rings is 3. The molecule has 0 radical (unpaired) electrons. The van der Waals surface area contributed by atoms with Crippen molar-refractivity contribution >= 4 is 40.7 Å². The van der Waals surface area contributed by atoms with Gasteiger partial charge in [-0.1, -0.05) is 24.3 Å². The van der Waals surface area contributed by atoms with E-state index in [9.17, 15) is 39.9 Å². The van der Waals surface area contributed by atoms with Crippen LogP contribution in [0, 0.1) is 5.41 Å². The smallest absolute Gasteiger partial charge is 0.284 e. The van der Waals surface area contributed by atoms with Gasteiger partial charge in [-0.3, -0.25) is 25.1 Å². The number of carbonyl (C=O) groups excluding carboxylic acids is 3. The SMILES string of the molecule is N=C1N=C2C(=NC[NH+]2c2ccccc2C2C=COCC3OC(Oc4c2cc2c(c4O)C(=O)c4cc(CO)ccc4C2=O)C(O)C(O)C3O)C(=O)N1. The zero-order chi connectivity index (χ0) is 35.7. The minimum Gasteiger partial charge on any atom is -0.504 e. The maximum Gasteiger partial charge on any atom is 0.284 e. The van der Waals surface area contributed by atoms with E-state index in [0.717, 1.165) is 0 Å². The monoisotopic (exact) mass is 696 g/mol. The number of hydrogen-bond acceptors (Lipinski definition) is 13. The predicted octanol–water partition coefficient (Wildman–Crippen LogP) is -1.09. The number of aliphatic hydroxyl groups excluding tert-OH is 4. The molecule has 7 unspecified atom stereocenters. The first-order chi connectivity index (χ1) is 24.6. The fourth-order valence-corrected chi connectivity index (χ4v) is 7.03. The van der Waals surface area contributed by atoms with Crippen LogP contribution < -0.4 is 15.0 Å². The Morgan fingerprint density at radius 1 is 0.941 bits per heavy atom. The van der Waals surface area contributed by atoms with Gasteiger partial charge < -0.3 is 39.7 Å². The van der Waals surface area contributed by atoms with Gasteiger partial charge in [-0.15, -0.1) is 0 Å². The lowest BCUT2D eigenvalue weighted by Crippen LogP contribution is -3.09. The standard InChI is InChI=1S/C35H29N5O11/c36-35-38-32-24(33(48)39-35)37-13-40(32)21-4-2-1-3-16(21)15-7-8-49-12-22-27(44)29(46)30(47)34(50-22)51-31-19(15)10-20-23(28(31)45)26(43)18-9-14(11-41)5-6-17(18)25(20)42/h1-10,15,22,27,29-30,34,41,44-47H,11-13H2,(H2,36,39,48)/p+1. The van der Waals surface area contributed by atoms with Crippen LogP contribution in [0.2, 0.25) is 0 Å². The number of phenols is 1. The normalized spacial score (nSPS) is 28.1. The highest BCUT2D eigenvalue weighted by Crippen LogP contribution is 2.47. The summed E-state index contributed by atoms with van der Waals surface area (Å²) in [7, 11) is 0. The molecule has 260 valence electrons. The number of rotatable bonds is 3. The second-order valence-electron chi connectivity index (χ2n) is 12.5. The average molecular weight is 697 g/mol. The number of aliphatic hydroxyl groups is 4. The fraction of sp³-hybridized carbons (Fsp3) is 0.257. The summed E-state index contributed by atoms with van der Waals surface area (Å²) in [4.78, 5) is 49.8. The number of guanidine groups is 1. The number of nitrogens with one attached hydrogen (secondary N) is 3. The topological polar surface area (TPSA) is 245 Å². The van der Waals surface area contributed by atoms with Crippen LogP contribution >= 0.6 is 0 Å². The summed E-state index contributed by atoms with van der Waals surface area (Å²) in [5.74, 6) is -4.05. The van der Waals surface area contributed by atoms with E-state index in [0.29, 0.717) is 21.7 Å². The molecule has 1 saturated heterocycles. The maximum absolute atomic E-state index is 14.0. The molecule has 8 rings (SSSR count). The molecule has 4 heterocycles. The lowest BCUT2D eigenvalue weighted by atomic mass is 9.79. The number of phenolic OH excluding ortho intramolecular Hbond substituents is 1. The minimum absolute atomic E-state index is 0.0370. The van der Waals surface area contributed by atoms with E-state index in [1.54, 1.807) is 30.3 Å². The zero-order valence-corrected chi connectivity index (χ0v) is 26.4. The molecule has 3 aromatic rings. The van der Waals surface area contributed by atoms with Crippen LogP contribution in [0.15, 0.2) is 70.9 Å². The van der Waals surface area contributed by atoms with E-state index in [1.807, 2.05) is 0 Å². The van der Waals surface area contributed by atoms with Crippen molar-refractivity contribution in [3.8, 4) is 11.5 Å². The zero-order valence-electron chi connectivity index (χ0n) is 26.4. The number of allylic oxidation sites excluding steroid dienone is 1. The van der Waals surface area contributed by atoms with Gasteiger partial charge in [0.15, 0.2) is 29.7 Å². The lowest BCUT2D eigenvalue weighted by Gasteiger charge is -2.40. The Kier molecular flexibility index (Phi) is 7.86. The van der Waals surface area contributed by atoms with Crippen molar-refractivity contribution < 1.29 is 59.0 Å². The van der Waals surface area contributed by atoms with Crippen molar-refractivity contribution in [3.05, 3.63) is 99.8 Å². The fourth-order valence-electron chi connectivity index (χ4n) is 7.03. The number of amides is 1. The number of fused-ring (bicyclic) bond motifs is 6. The number of nitrogens with zero attached hydrogens (tertiary/aromatic N) is 2. The number of ether oxygens (including phenoxy) is 3. The first-order valence-electron chi connectivity index (χ1n) is 15.9. The third-order valence-corrected chi connectivity index (χ3v) is 9.57. The third kappa shape index (κ3) is 5.15. The number of para-hydroxylation sites is 1. The van der Waals surface area contributed by atoms with Crippen LogP contribution in [0.5, 0.6) is 11.5 Å². The highest BCUT2D eigenvalue weighted by molar-refractivity contribution is 6.68. The van der Waals surface area contributed by atoms with Crippen molar-refractivity contribution in [2.24, 2.45) is 9.98 Å². The van der Waals surface area contributed by atoms with Gasteiger partial charge in [0.05, 0.1) is 18.4 Å². The van der Waals surface area contributed by atoms with Gasteiger partial charge in [0, 0.05) is 33.7 Å². The summed E-state index contributed by atoms with van der Waals surface area (Å²) >= 11 is 0. The van der Waals surface area contributed by atoms with E-state index in [1.165, 1.54) is 30.5 Å². The van der Waals surface area contributed by atoms with Crippen molar-refractivity contribution in [1.29, 1.82) is 5.41 Å². The van der Waals surface area contributed by atoms with Crippen molar-refractivity contribution in [1.82, 2.24) is 5.32 Å². The Bertz CT molecular complexity index is 2150. The molecule has 2 bridgehead atoms. The summed E-state index contributed by atoms with van der Waals surface area (Å²) in [6, 6.07) is 12.7. The highest BCUT2D eigenvalue weighted by Gasteiger charge is 2.47. The molecular formula is C35H30N5O11+. The van der Waals surface area contributed by atoms with Crippen LogP contribution in [0.4, 0.5) is 5.69 Å². The maximum atomic E-state index is 14.0. The van der Waals surface area contributed by atoms with Crippen LogP contribution in [0.1, 0.15) is 54.5 Å². The largest absolute Gasteiger partial charge is 0.504 e. The molecule has 1 aliphatic carbocycles. The molecule has 1 fully saturated rings. The van der Waals surface area contributed by atoms with E-state index in [-0.39, 0.29) is 64.3 Å². The highest BCUT2D eigenvalue weighted by atomic mass is 16.7. The molecule has 4 aliphatic heterocycles. The molecule has 5 aliphatic rings. The van der Waals surface area contributed by atoms with Crippen molar-refractivity contribution in [2.45, 2.75) is 43.2 Å². The first-order valence-corrected chi connectivity index (χ1v) is 15.9. The molecule has 1 amide bonds. The van der Waals surface area contributed by atoms with Crippen LogP contribution in [-0.2, 0) is 20.9 Å². The Labute approximate surface area is 288 Å². The Hall–Kier alpha value is -5.62. The molecule has 16 nitrogen and oxygen atoms in total. The lowest BCUT2D eigenvalue weighted by molar-refractivity contribution is -0.723. The second-order valence-corrected chi connectivity index (χ2v) is 12.5. The molecular weight excluding hydrogens is 666 g/mol. The molecule has 0 spiro atoms. The summed E-state index contributed by atoms with van der Waals surface area (Å²) in [6.07, 6.45) is -5.10. The van der Waals surface area contributed by atoms with E-state index in [2.05, 4.69) is 15.3 Å². The number of aromatic hydroxyl groups is 1. The van der Waals surface area contributed by atoms with Gasteiger partial charge in [-0.2, -0.15) is 4.99 Å².